The average molecular weight is 306 g/mol. The molecule has 1 aliphatic heterocycles. The summed E-state index contributed by atoms with van der Waals surface area (Å²) < 4.78 is 5.06. The third-order valence-electron chi connectivity index (χ3n) is 4.12. The molecule has 0 spiro atoms. The number of carbonyl (C=O) groups excluding carboxylic acids is 3. The van der Waals surface area contributed by atoms with Crippen molar-refractivity contribution < 1.29 is 19.1 Å². The summed E-state index contributed by atoms with van der Waals surface area (Å²) in [5, 5.41) is 0. The minimum Gasteiger partial charge on any atom is -0.451 e. The van der Waals surface area contributed by atoms with Crippen LogP contribution in [0.15, 0.2) is 12.3 Å². The van der Waals surface area contributed by atoms with Crippen molar-refractivity contribution in [3.63, 3.8) is 0 Å². The number of amides is 1. The quantitative estimate of drug-likeness (QED) is 0.683. The van der Waals surface area contributed by atoms with Crippen LogP contribution in [-0.2, 0) is 9.53 Å². The predicted octanol–water partition coefficient (Wildman–Crippen LogP) is 2.16. The van der Waals surface area contributed by atoms with Gasteiger partial charge < -0.3 is 14.6 Å². The van der Waals surface area contributed by atoms with Crippen molar-refractivity contribution >= 4 is 17.7 Å². The van der Waals surface area contributed by atoms with Crippen molar-refractivity contribution in [3.05, 3.63) is 23.5 Å². The number of Topliss-reactive ketones (excluding diaryl/α,β-unsaturated/α-hetero) is 1. The number of aromatic amines is 1. The molecule has 1 amide bonds. The highest BCUT2D eigenvalue weighted by Crippen LogP contribution is 2.22. The van der Waals surface area contributed by atoms with Gasteiger partial charge in [-0.2, -0.15) is 0 Å². The minimum absolute atomic E-state index is 0.137. The van der Waals surface area contributed by atoms with Gasteiger partial charge >= 0.3 is 5.97 Å². The molecular formula is C16H22N2O4. The number of esters is 1. The molecule has 2 rings (SSSR count). The number of carbonyl (C=O) groups is 3. The summed E-state index contributed by atoms with van der Waals surface area (Å²) in [5.74, 6) is -0.938. The predicted molar refractivity (Wildman–Crippen MR) is 80.7 cm³/mol. The molecule has 1 aromatic rings. The van der Waals surface area contributed by atoms with Crippen LogP contribution in [0.25, 0.3) is 0 Å². The Morgan fingerprint density at radius 2 is 1.91 bits per heavy atom. The first-order chi connectivity index (χ1) is 10.4. The Morgan fingerprint density at radius 1 is 1.27 bits per heavy atom. The lowest BCUT2D eigenvalue weighted by Gasteiger charge is -2.38. The summed E-state index contributed by atoms with van der Waals surface area (Å²) in [5.41, 5.74) is 0.592. The van der Waals surface area contributed by atoms with Gasteiger partial charge in [0.25, 0.3) is 5.91 Å². The number of H-pyrrole nitrogens is 1. The van der Waals surface area contributed by atoms with E-state index >= 15 is 0 Å². The van der Waals surface area contributed by atoms with E-state index in [-0.39, 0.29) is 36.1 Å². The van der Waals surface area contributed by atoms with E-state index in [0.717, 1.165) is 19.3 Å². The van der Waals surface area contributed by atoms with E-state index in [2.05, 4.69) is 4.98 Å². The van der Waals surface area contributed by atoms with Gasteiger partial charge in [-0.05, 0) is 46.1 Å². The number of aromatic nitrogens is 1. The minimum atomic E-state index is -0.627. The lowest BCUT2D eigenvalue weighted by atomic mass is 9.97. The highest BCUT2D eigenvalue weighted by Gasteiger charge is 2.29. The fourth-order valence-electron chi connectivity index (χ4n) is 2.91. The monoisotopic (exact) mass is 306 g/mol. The summed E-state index contributed by atoms with van der Waals surface area (Å²) in [6.07, 6.45) is 4.52. The van der Waals surface area contributed by atoms with Crippen LogP contribution in [0.4, 0.5) is 0 Å². The zero-order chi connectivity index (χ0) is 16.3. The molecule has 1 saturated heterocycles. The summed E-state index contributed by atoms with van der Waals surface area (Å²) in [6, 6.07) is 1.77. The Hall–Kier alpha value is -2.11. The molecule has 1 N–H and O–H groups in total. The van der Waals surface area contributed by atoms with Gasteiger partial charge in [-0.25, -0.2) is 4.79 Å². The van der Waals surface area contributed by atoms with Crippen LogP contribution in [0.1, 0.15) is 60.9 Å². The standard InChI is InChI=1S/C16H22N2O4/c1-10-5-4-6-11(2)18(10)15(20)9-22-16(21)14-7-13(8-17-14)12(3)19/h7-8,10-11,17H,4-6,9H2,1-3H3/t10-,11-/m1/s1. The first kappa shape index (κ1) is 16.3. The summed E-state index contributed by atoms with van der Waals surface area (Å²) in [6.45, 7) is 5.17. The zero-order valence-corrected chi connectivity index (χ0v) is 13.2. The second-order valence-electron chi connectivity index (χ2n) is 5.86. The molecule has 2 atom stereocenters. The third-order valence-corrected chi connectivity index (χ3v) is 4.12. The number of nitrogens with one attached hydrogen (secondary N) is 1. The molecule has 22 heavy (non-hydrogen) atoms. The Balaban J connectivity index is 1.92. The molecule has 0 bridgehead atoms. The summed E-state index contributed by atoms with van der Waals surface area (Å²) in [7, 11) is 0. The number of likely N-dealkylation sites (tertiary alicyclic amines) is 1. The van der Waals surface area contributed by atoms with Gasteiger partial charge in [-0.3, -0.25) is 9.59 Å². The molecular weight excluding hydrogens is 284 g/mol. The Labute approximate surface area is 129 Å². The molecule has 0 radical (unpaired) electrons. The maximum Gasteiger partial charge on any atom is 0.355 e. The van der Waals surface area contributed by atoms with E-state index < -0.39 is 5.97 Å². The molecule has 2 heterocycles. The van der Waals surface area contributed by atoms with Gasteiger partial charge in [-0.15, -0.1) is 0 Å². The Kier molecular flexibility index (Phi) is 5.00. The molecule has 1 fully saturated rings. The number of rotatable bonds is 4. The molecule has 1 aromatic heterocycles. The van der Waals surface area contributed by atoms with Crippen molar-refractivity contribution in [3.8, 4) is 0 Å². The maximum atomic E-state index is 12.3. The van der Waals surface area contributed by atoms with Crippen molar-refractivity contribution in [1.29, 1.82) is 0 Å². The first-order valence-corrected chi connectivity index (χ1v) is 7.57. The average Bonchev–Trinajstić information content (AvgIpc) is 2.94. The lowest BCUT2D eigenvalue weighted by Crippen LogP contribution is -2.49. The number of ether oxygens (including phenoxy) is 1. The second-order valence-corrected chi connectivity index (χ2v) is 5.86. The molecule has 0 saturated carbocycles. The molecule has 6 nitrogen and oxygen atoms in total. The largest absolute Gasteiger partial charge is 0.451 e. The molecule has 6 heteroatoms. The van der Waals surface area contributed by atoms with Crippen LogP contribution in [0.3, 0.4) is 0 Å². The van der Waals surface area contributed by atoms with E-state index in [1.54, 1.807) is 4.90 Å². The highest BCUT2D eigenvalue weighted by atomic mass is 16.5. The number of hydrogen-bond acceptors (Lipinski definition) is 4. The van der Waals surface area contributed by atoms with Crippen molar-refractivity contribution in [2.45, 2.75) is 52.1 Å². The van der Waals surface area contributed by atoms with Crippen LogP contribution in [0, 0.1) is 0 Å². The number of hydrogen-bond donors (Lipinski definition) is 1. The summed E-state index contributed by atoms with van der Waals surface area (Å²) >= 11 is 0. The Bertz CT molecular complexity index is 568. The van der Waals surface area contributed by atoms with Gasteiger partial charge in [-0.1, -0.05) is 0 Å². The number of ketones is 1. The Morgan fingerprint density at radius 3 is 2.45 bits per heavy atom. The molecule has 0 aromatic carbocycles. The van der Waals surface area contributed by atoms with E-state index in [1.165, 1.54) is 19.2 Å². The molecule has 0 aliphatic carbocycles. The topological polar surface area (TPSA) is 79.5 Å². The van der Waals surface area contributed by atoms with Crippen LogP contribution in [0.5, 0.6) is 0 Å². The summed E-state index contributed by atoms with van der Waals surface area (Å²) in [4.78, 5) is 39.8. The van der Waals surface area contributed by atoms with Gasteiger partial charge in [0.1, 0.15) is 5.69 Å². The zero-order valence-electron chi connectivity index (χ0n) is 13.2. The lowest BCUT2D eigenvalue weighted by molar-refractivity contribution is -0.140. The van der Waals surface area contributed by atoms with E-state index in [9.17, 15) is 14.4 Å². The van der Waals surface area contributed by atoms with Crippen LogP contribution in [-0.4, -0.2) is 46.2 Å². The highest BCUT2D eigenvalue weighted by molar-refractivity contribution is 5.97. The van der Waals surface area contributed by atoms with Crippen molar-refractivity contribution in [2.75, 3.05) is 6.61 Å². The third kappa shape index (κ3) is 3.55. The molecule has 0 unspecified atom stereocenters. The van der Waals surface area contributed by atoms with Gasteiger partial charge in [0.15, 0.2) is 12.4 Å². The van der Waals surface area contributed by atoms with Crippen LogP contribution >= 0.6 is 0 Å². The van der Waals surface area contributed by atoms with Crippen LogP contribution < -0.4 is 0 Å². The van der Waals surface area contributed by atoms with Gasteiger partial charge in [0.2, 0.25) is 0 Å². The molecule has 120 valence electrons. The van der Waals surface area contributed by atoms with Crippen molar-refractivity contribution in [1.82, 2.24) is 9.88 Å². The smallest absolute Gasteiger partial charge is 0.355 e. The van der Waals surface area contributed by atoms with Crippen LogP contribution in [0.2, 0.25) is 0 Å². The normalized spacial score (nSPS) is 21.5. The number of nitrogens with zero attached hydrogens (tertiary/aromatic N) is 1. The fraction of sp³-hybridized carbons (Fsp3) is 0.562. The van der Waals surface area contributed by atoms with Crippen molar-refractivity contribution in [2.24, 2.45) is 0 Å². The van der Waals surface area contributed by atoms with E-state index in [0.29, 0.717) is 5.56 Å². The number of piperidine rings is 1. The second kappa shape index (κ2) is 6.77. The van der Waals surface area contributed by atoms with E-state index in [4.69, 9.17) is 4.74 Å². The first-order valence-electron chi connectivity index (χ1n) is 7.57. The molecule has 1 aliphatic rings. The SMILES string of the molecule is CC(=O)c1c[nH]c(C(=O)OCC(=O)N2[C@H](C)CCC[C@H]2C)c1. The van der Waals surface area contributed by atoms with Gasteiger partial charge in [0, 0.05) is 23.8 Å². The van der Waals surface area contributed by atoms with Gasteiger partial charge in [0.05, 0.1) is 0 Å². The fourth-order valence-corrected chi connectivity index (χ4v) is 2.91. The van der Waals surface area contributed by atoms with E-state index in [1.807, 2.05) is 13.8 Å². The maximum absolute atomic E-state index is 12.3.